The molecule has 2 heterocycles. The van der Waals surface area contributed by atoms with Crippen molar-refractivity contribution < 1.29 is 9.53 Å². The number of hydrogen-bond acceptors (Lipinski definition) is 4. The molecule has 2 aromatic heterocycles. The molecule has 0 radical (unpaired) electrons. The number of rotatable bonds is 10. The van der Waals surface area contributed by atoms with Crippen LogP contribution in [0.5, 0.6) is 5.75 Å². The largest absolute Gasteiger partial charge is 0.494 e. The Morgan fingerprint density at radius 2 is 1.88 bits per heavy atom. The molecule has 32 heavy (non-hydrogen) atoms. The monoisotopic (exact) mass is 428 g/mol. The molecule has 0 aliphatic rings. The summed E-state index contributed by atoms with van der Waals surface area (Å²) in [6.07, 6.45) is 5.86. The third kappa shape index (κ3) is 5.52. The van der Waals surface area contributed by atoms with E-state index < -0.39 is 0 Å². The highest BCUT2D eigenvalue weighted by molar-refractivity contribution is 5.93. The van der Waals surface area contributed by atoms with Gasteiger partial charge in [-0.15, -0.1) is 0 Å². The molecule has 0 unspecified atom stereocenters. The van der Waals surface area contributed by atoms with Crippen LogP contribution in [0.25, 0.3) is 11.0 Å². The Morgan fingerprint density at radius 1 is 1.03 bits per heavy atom. The van der Waals surface area contributed by atoms with E-state index in [9.17, 15) is 4.79 Å². The van der Waals surface area contributed by atoms with Crippen LogP contribution in [-0.4, -0.2) is 33.6 Å². The summed E-state index contributed by atoms with van der Waals surface area (Å²) in [5.74, 6) is 1.81. The van der Waals surface area contributed by atoms with Gasteiger partial charge in [-0.1, -0.05) is 24.3 Å². The zero-order valence-corrected chi connectivity index (χ0v) is 18.3. The van der Waals surface area contributed by atoms with Gasteiger partial charge in [0.1, 0.15) is 11.6 Å². The van der Waals surface area contributed by atoms with Crippen molar-refractivity contribution in [2.45, 2.75) is 32.7 Å². The molecule has 6 heteroatoms. The van der Waals surface area contributed by atoms with Crippen molar-refractivity contribution in [1.82, 2.24) is 19.9 Å². The Balaban J connectivity index is 1.33. The Bertz CT molecular complexity index is 1170. The average Bonchev–Trinajstić information content (AvgIpc) is 3.17. The van der Waals surface area contributed by atoms with Crippen LogP contribution in [-0.2, 0) is 13.0 Å². The van der Waals surface area contributed by atoms with Crippen molar-refractivity contribution in [3.63, 3.8) is 0 Å². The minimum absolute atomic E-state index is 0.0941. The number of aryl methyl sites for hydroxylation is 2. The first-order valence-corrected chi connectivity index (χ1v) is 11.0. The van der Waals surface area contributed by atoms with Gasteiger partial charge >= 0.3 is 0 Å². The lowest BCUT2D eigenvalue weighted by Gasteiger charge is -2.11. The van der Waals surface area contributed by atoms with Gasteiger partial charge in [-0.3, -0.25) is 9.78 Å². The maximum atomic E-state index is 12.3. The second kappa shape index (κ2) is 10.6. The van der Waals surface area contributed by atoms with E-state index in [1.165, 1.54) is 5.56 Å². The SMILES string of the molecule is Cc1cccc(OCCCCn2c(CCNC(=O)c3ccncc3)nc3ccccc32)c1. The van der Waals surface area contributed by atoms with Gasteiger partial charge in [0.25, 0.3) is 5.91 Å². The molecule has 4 rings (SSSR count). The quantitative estimate of drug-likeness (QED) is 0.376. The van der Waals surface area contributed by atoms with E-state index in [4.69, 9.17) is 9.72 Å². The van der Waals surface area contributed by atoms with Gasteiger partial charge in [-0.05, 0) is 61.7 Å². The first kappa shape index (κ1) is 21.6. The smallest absolute Gasteiger partial charge is 0.251 e. The number of imidazole rings is 1. The third-order valence-electron chi connectivity index (χ3n) is 5.34. The summed E-state index contributed by atoms with van der Waals surface area (Å²) in [5, 5.41) is 2.98. The summed E-state index contributed by atoms with van der Waals surface area (Å²) < 4.78 is 8.14. The highest BCUT2D eigenvalue weighted by Gasteiger charge is 2.11. The summed E-state index contributed by atoms with van der Waals surface area (Å²) in [4.78, 5) is 21.1. The van der Waals surface area contributed by atoms with Gasteiger partial charge in [-0.25, -0.2) is 4.98 Å². The molecule has 1 amide bonds. The number of nitrogens with one attached hydrogen (secondary N) is 1. The van der Waals surface area contributed by atoms with Crippen molar-refractivity contribution in [3.05, 3.63) is 90.0 Å². The highest BCUT2D eigenvalue weighted by Crippen LogP contribution is 2.18. The van der Waals surface area contributed by atoms with Crippen LogP contribution >= 0.6 is 0 Å². The van der Waals surface area contributed by atoms with Crippen LogP contribution in [0, 0.1) is 6.92 Å². The molecule has 0 aliphatic carbocycles. The van der Waals surface area contributed by atoms with Crippen LogP contribution < -0.4 is 10.1 Å². The molecule has 0 aliphatic heterocycles. The lowest BCUT2D eigenvalue weighted by molar-refractivity contribution is 0.0954. The van der Waals surface area contributed by atoms with E-state index in [0.717, 1.165) is 42.0 Å². The number of carbonyl (C=O) groups is 1. The predicted octanol–water partition coefficient (Wildman–Crippen LogP) is 4.57. The summed E-state index contributed by atoms with van der Waals surface area (Å²) in [5.41, 5.74) is 3.93. The number of ether oxygens (including phenoxy) is 1. The van der Waals surface area contributed by atoms with Gasteiger partial charge in [0.2, 0.25) is 0 Å². The molecule has 1 N–H and O–H groups in total. The number of fused-ring (bicyclic) bond motifs is 1. The number of carbonyl (C=O) groups excluding carboxylic acids is 1. The number of hydrogen-bond donors (Lipinski definition) is 1. The molecule has 164 valence electrons. The van der Waals surface area contributed by atoms with Crippen LogP contribution in [0.2, 0.25) is 0 Å². The fourth-order valence-corrected chi connectivity index (χ4v) is 3.73. The molecule has 0 saturated carbocycles. The van der Waals surface area contributed by atoms with Gasteiger partial charge in [0.05, 0.1) is 17.6 Å². The van der Waals surface area contributed by atoms with Crippen molar-refractivity contribution in [1.29, 1.82) is 0 Å². The second-order valence-electron chi connectivity index (χ2n) is 7.78. The van der Waals surface area contributed by atoms with Gasteiger partial charge in [-0.2, -0.15) is 0 Å². The second-order valence-corrected chi connectivity index (χ2v) is 7.78. The summed E-state index contributed by atoms with van der Waals surface area (Å²) >= 11 is 0. The molecule has 4 aromatic rings. The van der Waals surface area contributed by atoms with Crippen LogP contribution in [0.15, 0.2) is 73.1 Å². The molecule has 0 bridgehead atoms. The minimum atomic E-state index is -0.0941. The minimum Gasteiger partial charge on any atom is -0.494 e. The fraction of sp³-hybridized carbons (Fsp3) is 0.269. The first-order valence-electron chi connectivity index (χ1n) is 11.0. The summed E-state index contributed by atoms with van der Waals surface area (Å²) in [7, 11) is 0. The van der Waals surface area contributed by atoms with Crippen LogP contribution in [0.1, 0.15) is 34.6 Å². The first-order chi connectivity index (χ1) is 15.7. The van der Waals surface area contributed by atoms with Crippen molar-refractivity contribution in [2.75, 3.05) is 13.2 Å². The summed E-state index contributed by atoms with van der Waals surface area (Å²) in [6, 6.07) is 19.7. The lowest BCUT2D eigenvalue weighted by atomic mass is 10.2. The predicted molar refractivity (Wildman–Crippen MR) is 126 cm³/mol. The number of aromatic nitrogens is 3. The topological polar surface area (TPSA) is 69.0 Å². The Morgan fingerprint density at radius 3 is 2.72 bits per heavy atom. The van der Waals surface area contributed by atoms with Gasteiger partial charge in [0.15, 0.2) is 0 Å². The third-order valence-corrected chi connectivity index (χ3v) is 5.34. The Hall–Kier alpha value is -3.67. The number of unbranched alkanes of at least 4 members (excludes halogenated alkanes) is 1. The van der Waals surface area contributed by atoms with Gasteiger partial charge < -0.3 is 14.6 Å². The van der Waals surface area contributed by atoms with Crippen molar-refractivity contribution in [3.8, 4) is 5.75 Å². The average molecular weight is 429 g/mol. The molecular formula is C26H28N4O2. The van der Waals surface area contributed by atoms with Crippen molar-refractivity contribution in [2.24, 2.45) is 0 Å². The molecule has 0 atom stereocenters. The maximum absolute atomic E-state index is 12.3. The number of nitrogens with zero attached hydrogens (tertiary/aromatic N) is 3. The lowest BCUT2D eigenvalue weighted by Crippen LogP contribution is -2.26. The normalized spacial score (nSPS) is 10.9. The van der Waals surface area contributed by atoms with E-state index in [1.54, 1.807) is 24.5 Å². The van der Waals surface area contributed by atoms with E-state index in [2.05, 4.69) is 40.0 Å². The molecule has 0 fully saturated rings. The van der Waals surface area contributed by atoms with Gasteiger partial charge in [0, 0.05) is 37.5 Å². The highest BCUT2D eigenvalue weighted by atomic mass is 16.5. The Labute approximate surface area is 188 Å². The van der Waals surface area contributed by atoms with E-state index in [-0.39, 0.29) is 5.91 Å². The van der Waals surface area contributed by atoms with E-state index in [0.29, 0.717) is 25.1 Å². The zero-order chi connectivity index (χ0) is 22.2. The van der Waals surface area contributed by atoms with Crippen LogP contribution in [0.4, 0.5) is 0 Å². The molecule has 0 spiro atoms. The standard InChI is InChI=1S/C26H28N4O2/c1-20-7-6-8-22(19-20)32-18-5-4-17-30-24-10-3-2-9-23(24)29-25(30)13-16-28-26(31)21-11-14-27-15-12-21/h2-3,6-12,14-15,19H,4-5,13,16-18H2,1H3,(H,28,31). The van der Waals surface area contributed by atoms with Crippen molar-refractivity contribution >= 4 is 16.9 Å². The molecule has 2 aromatic carbocycles. The number of amides is 1. The zero-order valence-electron chi connectivity index (χ0n) is 18.3. The molecule has 6 nitrogen and oxygen atoms in total. The fourth-order valence-electron chi connectivity index (χ4n) is 3.73. The molecule has 0 saturated heterocycles. The maximum Gasteiger partial charge on any atom is 0.251 e. The van der Waals surface area contributed by atoms with Crippen LogP contribution in [0.3, 0.4) is 0 Å². The summed E-state index contributed by atoms with van der Waals surface area (Å²) in [6.45, 7) is 4.15. The number of para-hydroxylation sites is 2. The van der Waals surface area contributed by atoms with E-state index in [1.807, 2.05) is 30.3 Å². The Kier molecular flexibility index (Phi) is 7.12. The number of benzene rings is 2. The number of pyridine rings is 1. The van der Waals surface area contributed by atoms with E-state index >= 15 is 0 Å². The molecular weight excluding hydrogens is 400 g/mol.